The van der Waals surface area contributed by atoms with E-state index in [9.17, 15) is 4.79 Å². The van der Waals surface area contributed by atoms with Crippen LogP contribution in [0.2, 0.25) is 0 Å². The minimum Gasteiger partial charge on any atom is -0.349 e. The second kappa shape index (κ2) is 12.7. The fourth-order valence-electron chi connectivity index (χ4n) is 4.09. The lowest BCUT2D eigenvalue weighted by molar-refractivity contribution is 0.0928. The number of carbonyl (C=O) groups excluding carboxylic acids is 1. The van der Waals surface area contributed by atoms with Crippen molar-refractivity contribution >= 4 is 17.7 Å². The summed E-state index contributed by atoms with van der Waals surface area (Å²) in [4.78, 5) is 14.2. The molecule has 3 heteroatoms. The third-order valence-corrected chi connectivity index (χ3v) is 6.95. The van der Waals surface area contributed by atoms with Gasteiger partial charge in [-0.2, -0.15) is 0 Å². The third kappa shape index (κ3) is 7.89. The van der Waals surface area contributed by atoms with Gasteiger partial charge in [0.2, 0.25) is 0 Å². The second-order valence-electron chi connectivity index (χ2n) is 8.20. The largest absolute Gasteiger partial charge is 0.349 e. The lowest BCUT2D eigenvalue weighted by atomic mass is 9.97. The van der Waals surface area contributed by atoms with Crippen LogP contribution in [0.25, 0.3) is 0 Å². The van der Waals surface area contributed by atoms with E-state index in [2.05, 4.69) is 35.6 Å². The molecular formula is C26H35NOS. The molecule has 0 unspecified atom stereocenters. The van der Waals surface area contributed by atoms with E-state index in [-0.39, 0.29) is 5.91 Å². The number of hydrogen-bond donors (Lipinski definition) is 1. The van der Waals surface area contributed by atoms with E-state index in [1.165, 1.54) is 63.4 Å². The van der Waals surface area contributed by atoms with Crippen molar-refractivity contribution in [1.82, 2.24) is 5.32 Å². The molecule has 1 N–H and O–H groups in total. The van der Waals surface area contributed by atoms with Gasteiger partial charge in [-0.25, -0.2) is 0 Å². The van der Waals surface area contributed by atoms with E-state index in [0.717, 1.165) is 29.1 Å². The SMILES string of the molecule is O=C(NC1CCCCCCCCCCC1)c1ccccc1SCc1ccccc1. The highest BCUT2D eigenvalue weighted by Gasteiger charge is 2.16. The maximum atomic E-state index is 13.1. The molecule has 2 aromatic rings. The minimum atomic E-state index is 0.0956. The number of thioether (sulfide) groups is 1. The summed E-state index contributed by atoms with van der Waals surface area (Å²) in [6.45, 7) is 0. The second-order valence-corrected chi connectivity index (χ2v) is 9.22. The van der Waals surface area contributed by atoms with Crippen molar-refractivity contribution in [2.24, 2.45) is 0 Å². The summed E-state index contributed by atoms with van der Waals surface area (Å²) in [5, 5.41) is 3.37. The quantitative estimate of drug-likeness (QED) is 0.522. The van der Waals surface area contributed by atoms with Crippen LogP contribution in [0.15, 0.2) is 59.5 Å². The molecule has 1 amide bonds. The highest BCUT2D eigenvalue weighted by Crippen LogP contribution is 2.27. The smallest absolute Gasteiger partial charge is 0.252 e. The van der Waals surface area contributed by atoms with Gasteiger partial charge in [-0.1, -0.05) is 100 Å². The molecule has 0 saturated heterocycles. The van der Waals surface area contributed by atoms with E-state index in [0.29, 0.717) is 6.04 Å². The molecule has 1 aliphatic carbocycles. The molecule has 3 rings (SSSR count). The molecule has 0 spiro atoms. The maximum absolute atomic E-state index is 13.1. The van der Waals surface area contributed by atoms with Gasteiger partial charge in [0.05, 0.1) is 5.56 Å². The molecule has 2 aromatic carbocycles. The molecule has 0 aromatic heterocycles. The first-order valence-electron chi connectivity index (χ1n) is 11.4. The van der Waals surface area contributed by atoms with Crippen LogP contribution in [0.1, 0.15) is 86.6 Å². The first kappa shape index (κ1) is 22.0. The van der Waals surface area contributed by atoms with Gasteiger partial charge in [0, 0.05) is 16.7 Å². The van der Waals surface area contributed by atoms with Crippen LogP contribution < -0.4 is 5.32 Å². The van der Waals surface area contributed by atoms with Crippen molar-refractivity contribution in [3.05, 3.63) is 65.7 Å². The highest BCUT2D eigenvalue weighted by atomic mass is 32.2. The Morgan fingerprint density at radius 1 is 0.759 bits per heavy atom. The highest BCUT2D eigenvalue weighted by molar-refractivity contribution is 7.98. The van der Waals surface area contributed by atoms with Crippen molar-refractivity contribution in [3.63, 3.8) is 0 Å². The van der Waals surface area contributed by atoms with Crippen molar-refractivity contribution in [2.45, 2.75) is 87.3 Å². The van der Waals surface area contributed by atoms with Crippen molar-refractivity contribution < 1.29 is 4.79 Å². The van der Waals surface area contributed by atoms with Gasteiger partial charge in [-0.05, 0) is 30.5 Å². The molecule has 0 aliphatic heterocycles. The zero-order valence-electron chi connectivity index (χ0n) is 17.6. The van der Waals surface area contributed by atoms with Crippen LogP contribution in [0.4, 0.5) is 0 Å². The van der Waals surface area contributed by atoms with E-state index < -0.39 is 0 Å². The van der Waals surface area contributed by atoms with Gasteiger partial charge < -0.3 is 5.32 Å². The fourth-order valence-corrected chi connectivity index (χ4v) is 5.09. The zero-order chi connectivity index (χ0) is 20.2. The van der Waals surface area contributed by atoms with E-state index in [4.69, 9.17) is 0 Å². The molecule has 156 valence electrons. The summed E-state index contributed by atoms with van der Waals surface area (Å²) in [5.41, 5.74) is 2.10. The Bertz CT molecular complexity index is 718. The standard InChI is InChI=1S/C26H35NOS/c28-26(27-23-17-11-6-4-2-1-3-5-7-12-18-23)24-19-13-14-20-25(24)29-21-22-15-9-8-10-16-22/h8-10,13-16,19-20,23H,1-7,11-12,17-18,21H2,(H,27,28). The molecular weight excluding hydrogens is 374 g/mol. The van der Waals surface area contributed by atoms with Crippen LogP contribution in [-0.4, -0.2) is 11.9 Å². The number of nitrogens with one attached hydrogen (secondary N) is 1. The van der Waals surface area contributed by atoms with E-state index >= 15 is 0 Å². The van der Waals surface area contributed by atoms with Gasteiger partial charge in [-0.3, -0.25) is 4.79 Å². The summed E-state index contributed by atoms with van der Waals surface area (Å²) in [7, 11) is 0. The van der Waals surface area contributed by atoms with Gasteiger partial charge in [-0.15, -0.1) is 11.8 Å². The summed E-state index contributed by atoms with van der Waals surface area (Å²) >= 11 is 1.75. The van der Waals surface area contributed by atoms with Crippen molar-refractivity contribution in [3.8, 4) is 0 Å². The molecule has 0 atom stereocenters. The zero-order valence-corrected chi connectivity index (χ0v) is 18.4. The van der Waals surface area contributed by atoms with Gasteiger partial charge in [0.1, 0.15) is 0 Å². The Morgan fingerprint density at radius 3 is 1.97 bits per heavy atom. The summed E-state index contributed by atoms with van der Waals surface area (Å²) in [6, 6.07) is 18.8. The van der Waals surface area contributed by atoms with Crippen LogP contribution >= 0.6 is 11.8 Å². The van der Waals surface area contributed by atoms with Crippen LogP contribution in [-0.2, 0) is 5.75 Å². The molecule has 2 nitrogen and oxygen atoms in total. The summed E-state index contributed by atoms with van der Waals surface area (Å²) < 4.78 is 0. The van der Waals surface area contributed by atoms with Gasteiger partial charge in [0.25, 0.3) is 5.91 Å². The average Bonchev–Trinajstić information content (AvgIpc) is 2.75. The third-order valence-electron chi connectivity index (χ3n) is 5.81. The lowest BCUT2D eigenvalue weighted by Gasteiger charge is -2.20. The number of carbonyl (C=O) groups is 1. The first-order valence-corrected chi connectivity index (χ1v) is 12.4. The average molecular weight is 410 g/mol. The number of benzene rings is 2. The van der Waals surface area contributed by atoms with Crippen molar-refractivity contribution in [1.29, 1.82) is 0 Å². The number of rotatable bonds is 5. The number of amides is 1. The Hall–Kier alpha value is -1.74. The number of hydrogen-bond acceptors (Lipinski definition) is 2. The minimum absolute atomic E-state index is 0.0956. The Morgan fingerprint density at radius 2 is 1.31 bits per heavy atom. The molecule has 0 bridgehead atoms. The van der Waals surface area contributed by atoms with E-state index in [1.807, 2.05) is 24.3 Å². The summed E-state index contributed by atoms with van der Waals surface area (Å²) in [5.74, 6) is 0.979. The molecule has 1 aliphatic rings. The predicted octanol–water partition coefficient (Wildman–Crippen LogP) is 7.38. The lowest BCUT2D eigenvalue weighted by Crippen LogP contribution is -2.35. The van der Waals surface area contributed by atoms with Gasteiger partial charge >= 0.3 is 0 Å². The normalized spacial score (nSPS) is 17.1. The topological polar surface area (TPSA) is 29.1 Å². The Kier molecular flexibility index (Phi) is 9.65. The maximum Gasteiger partial charge on any atom is 0.252 e. The molecule has 1 fully saturated rings. The van der Waals surface area contributed by atoms with Crippen LogP contribution in [0.3, 0.4) is 0 Å². The molecule has 0 radical (unpaired) electrons. The Labute approximate surface area is 180 Å². The monoisotopic (exact) mass is 409 g/mol. The fraction of sp³-hybridized carbons (Fsp3) is 0.500. The predicted molar refractivity (Wildman–Crippen MR) is 124 cm³/mol. The first-order chi connectivity index (χ1) is 14.3. The molecule has 1 saturated carbocycles. The summed E-state index contributed by atoms with van der Waals surface area (Å²) in [6.07, 6.45) is 14.1. The Balaban J connectivity index is 1.59. The molecule has 0 heterocycles. The molecule has 29 heavy (non-hydrogen) atoms. The van der Waals surface area contributed by atoms with Crippen molar-refractivity contribution in [2.75, 3.05) is 0 Å². The van der Waals surface area contributed by atoms with Crippen LogP contribution in [0.5, 0.6) is 0 Å². The van der Waals surface area contributed by atoms with Gasteiger partial charge in [0.15, 0.2) is 0 Å². The van der Waals surface area contributed by atoms with Crippen LogP contribution in [0, 0.1) is 0 Å². The van der Waals surface area contributed by atoms with E-state index in [1.54, 1.807) is 11.8 Å².